The molecule has 1 saturated heterocycles. The number of fused-ring (bicyclic) bond motifs is 1. The molecule has 3 aromatic rings. The van der Waals surface area contributed by atoms with Gasteiger partial charge in [0.25, 0.3) is 10.0 Å². The van der Waals surface area contributed by atoms with E-state index in [1.165, 1.54) is 4.90 Å². The van der Waals surface area contributed by atoms with Gasteiger partial charge in [-0.2, -0.15) is 4.72 Å². The number of likely N-dealkylation sites (N-methyl/N-ethyl adjacent to an activating group) is 1. The fraction of sp³-hybridized carbons (Fsp3) is 0.385. The maximum atomic E-state index is 13.1. The van der Waals surface area contributed by atoms with Gasteiger partial charge in [-0.05, 0) is 60.5 Å². The summed E-state index contributed by atoms with van der Waals surface area (Å²) in [5.74, 6) is 0.631. The van der Waals surface area contributed by atoms with Gasteiger partial charge in [-0.1, -0.05) is 23.7 Å². The first-order valence-corrected chi connectivity index (χ1v) is 14.7. The molecule has 2 amide bonds. The van der Waals surface area contributed by atoms with Gasteiger partial charge in [0.2, 0.25) is 11.8 Å². The predicted molar refractivity (Wildman–Crippen MR) is 148 cm³/mol. The van der Waals surface area contributed by atoms with E-state index in [0.717, 1.165) is 27.0 Å². The quantitative estimate of drug-likeness (QED) is 0.394. The number of sulfonamides is 1. The third-order valence-electron chi connectivity index (χ3n) is 6.49. The van der Waals surface area contributed by atoms with Crippen molar-refractivity contribution in [3.8, 4) is 11.5 Å². The van der Waals surface area contributed by atoms with Gasteiger partial charge in [0.15, 0.2) is 11.5 Å². The Morgan fingerprint density at radius 1 is 1.16 bits per heavy atom. The standard InChI is InChI=1S/C26H30ClN3O6S2/c1-29(12-10-17-6-9-21(35-2)22(13-17)36-3)24(31)16-30-11-4-5-20(26(30)32)28-38(33,34)25-14-18-7-8-19(27)15-23(18)37-25/h6-9,13-15,20,28H,4-5,10-12,16H2,1-3H3/t20-/m0/s1. The van der Waals surface area contributed by atoms with Crippen LogP contribution in [0.4, 0.5) is 0 Å². The minimum Gasteiger partial charge on any atom is -0.493 e. The molecule has 1 aliphatic rings. The molecule has 1 aromatic heterocycles. The highest BCUT2D eigenvalue weighted by Crippen LogP contribution is 2.31. The molecule has 1 aliphatic heterocycles. The molecular formula is C26H30ClN3O6S2. The summed E-state index contributed by atoms with van der Waals surface area (Å²) in [5.41, 5.74) is 0.981. The summed E-state index contributed by atoms with van der Waals surface area (Å²) in [7, 11) is 0.903. The van der Waals surface area contributed by atoms with Crippen LogP contribution in [-0.2, 0) is 26.0 Å². The van der Waals surface area contributed by atoms with Crippen molar-refractivity contribution < 1.29 is 27.5 Å². The Morgan fingerprint density at radius 3 is 2.66 bits per heavy atom. The highest BCUT2D eigenvalue weighted by atomic mass is 35.5. The van der Waals surface area contributed by atoms with Gasteiger partial charge in [0.05, 0.1) is 20.8 Å². The second kappa shape index (κ2) is 11.9. The maximum absolute atomic E-state index is 13.1. The molecule has 2 heterocycles. The lowest BCUT2D eigenvalue weighted by atomic mass is 10.1. The number of hydrogen-bond acceptors (Lipinski definition) is 7. The van der Waals surface area contributed by atoms with E-state index in [9.17, 15) is 18.0 Å². The molecule has 1 atom stereocenters. The summed E-state index contributed by atoms with van der Waals surface area (Å²) in [6, 6.07) is 11.4. The Kier molecular flexibility index (Phi) is 8.81. The number of benzene rings is 2. The van der Waals surface area contributed by atoms with E-state index in [0.29, 0.717) is 48.9 Å². The minimum absolute atomic E-state index is 0.110. The van der Waals surface area contributed by atoms with E-state index in [1.807, 2.05) is 18.2 Å². The number of nitrogens with one attached hydrogen (secondary N) is 1. The Bertz CT molecular complexity index is 1440. The first-order chi connectivity index (χ1) is 18.1. The number of halogens is 1. The molecule has 9 nitrogen and oxygen atoms in total. The molecule has 1 fully saturated rings. The number of hydrogen-bond donors (Lipinski definition) is 1. The molecule has 0 radical (unpaired) electrons. The van der Waals surface area contributed by atoms with Crippen LogP contribution in [0, 0.1) is 0 Å². The number of thiophene rings is 1. The Hall–Kier alpha value is -2.86. The van der Waals surface area contributed by atoms with E-state index in [-0.39, 0.29) is 16.7 Å². The number of carbonyl (C=O) groups is 2. The molecule has 4 rings (SSSR count). The van der Waals surface area contributed by atoms with Crippen molar-refractivity contribution in [2.75, 3.05) is 40.9 Å². The minimum atomic E-state index is -3.92. The summed E-state index contributed by atoms with van der Waals surface area (Å²) >= 11 is 7.12. The highest BCUT2D eigenvalue weighted by molar-refractivity contribution is 7.91. The Labute approximate surface area is 231 Å². The van der Waals surface area contributed by atoms with Gasteiger partial charge in [-0.3, -0.25) is 9.59 Å². The van der Waals surface area contributed by atoms with Crippen molar-refractivity contribution in [2.45, 2.75) is 29.5 Å². The zero-order chi connectivity index (χ0) is 27.4. The summed E-state index contributed by atoms with van der Waals surface area (Å²) in [6.45, 7) is 0.733. The summed E-state index contributed by atoms with van der Waals surface area (Å²) in [5, 5.41) is 1.28. The van der Waals surface area contributed by atoms with Gasteiger partial charge < -0.3 is 19.3 Å². The molecule has 2 aromatic carbocycles. The number of likely N-dealkylation sites (tertiary alicyclic amines) is 1. The third-order valence-corrected chi connectivity index (χ3v) is 9.77. The largest absolute Gasteiger partial charge is 0.493 e. The van der Waals surface area contributed by atoms with Crippen LogP contribution in [0.1, 0.15) is 18.4 Å². The smallest absolute Gasteiger partial charge is 0.250 e. The third kappa shape index (κ3) is 6.40. The van der Waals surface area contributed by atoms with Gasteiger partial charge in [0, 0.05) is 29.9 Å². The van der Waals surface area contributed by atoms with E-state index in [4.69, 9.17) is 21.1 Å². The number of nitrogens with zero attached hydrogens (tertiary/aromatic N) is 2. The van der Waals surface area contributed by atoms with Gasteiger partial charge in [0.1, 0.15) is 10.3 Å². The molecule has 204 valence electrons. The van der Waals surface area contributed by atoms with Crippen molar-refractivity contribution in [1.82, 2.24) is 14.5 Å². The van der Waals surface area contributed by atoms with Gasteiger partial charge >= 0.3 is 0 Å². The lowest BCUT2D eigenvalue weighted by molar-refractivity contribution is -0.142. The average Bonchev–Trinajstić information content (AvgIpc) is 3.33. The molecule has 38 heavy (non-hydrogen) atoms. The second-order valence-corrected chi connectivity index (χ2v) is 12.5. The van der Waals surface area contributed by atoms with Gasteiger partial charge in [-0.25, -0.2) is 8.42 Å². The number of rotatable bonds is 10. The lowest BCUT2D eigenvalue weighted by Crippen LogP contribution is -2.54. The van der Waals surface area contributed by atoms with E-state index in [1.54, 1.807) is 50.4 Å². The number of amides is 2. The van der Waals surface area contributed by atoms with Crippen LogP contribution in [0.2, 0.25) is 5.02 Å². The first-order valence-electron chi connectivity index (χ1n) is 12.1. The predicted octanol–water partition coefficient (Wildman–Crippen LogP) is 3.54. The van der Waals surface area contributed by atoms with Crippen LogP contribution < -0.4 is 14.2 Å². The summed E-state index contributed by atoms with van der Waals surface area (Å²) in [4.78, 5) is 29.0. The fourth-order valence-corrected chi connectivity index (χ4v) is 7.22. The zero-order valence-corrected chi connectivity index (χ0v) is 23.8. The van der Waals surface area contributed by atoms with E-state index < -0.39 is 22.0 Å². The Morgan fingerprint density at radius 2 is 1.92 bits per heavy atom. The first kappa shape index (κ1) is 28.2. The maximum Gasteiger partial charge on any atom is 0.250 e. The Balaban J connectivity index is 1.35. The van der Waals surface area contributed by atoms with Crippen LogP contribution in [0.25, 0.3) is 10.1 Å². The normalized spacial score (nSPS) is 16.1. The van der Waals surface area contributed by atoms with Crippen molar-refractivity contribution in [3.05, 3.63) is 53.1 Å². The summed E-state index contributed by atoms with van der Waals surface area (Å²) < 4.78 is 40.1. The number of methoxy groups -OCH3 is 2. The number of ether oxygens (including phenoxy) is 2. The van der Waals surface area contributed by atoms with Crippen molar-refractivity contribution >= 4 is 54.9 Å². The monoisotopic (exact) mass is 579 g/mol. The second-order valence-electron chi connectivity index (χ2n) is 9.08. The van der Waals surface area contributed by atoms with Crippen molar-refractivity contribution in [1.29, 1.82) is 0 Å². The van der Waals surface area contributed by atoms with Crippen LogP contribution in [0.15, 0.2) is 46.7 Å². The van der Waals surface area contributed by atoms with Crippen LogP contribution in [0.3, 0.4) is 0 Å². The van der Waals surface area contributed by atoms with Crippen LogP contribution >= 0.6 is 22.9 Å². The molecular weight excluding hydrogens is 550 g/mol. The van der Waals surface area contributed by atoms with E-state index in [2.05, 4.69) is 4.72 Å². The molecule has 0 saturated carbocycles. The molecule has 0 spiro atoms. The van der Waals surface area contributed by atoms with Crippen molar-refractivity contribution in [2.24, 2.45) is 0 Å². The SMILES string of the molecule is COc1ccc(CCN(C)C(=O)CN2CCC[C@H](NS(=O)(=O)c3cc4ccc(Cl)cc4s3)C2=O)cc1OC. The molecule has 0 unspecified atom stereocenters. The van der Waals surface area contributed by atoms with Crippen molar-refractivity contribution in [3.63, 3.8) is 0 Å². The topological polar surface area (TPSA) is 105 Å². The average molecular weight is 580 g/mol. The molecule has 0 aliphatic carbocycles. The zero-order valence-electron chi connectivity index (χ0n) is 21.4. The summed E-state index contributed by atoms with van der Waals surface area (Å²) in [6.07, 6.45) is 1.55. The highest BCUT2D eigenvalue weighted by Gasteiger charge is 2.34. The van der Waals surface area contributed by atoms with Crippen LogP contribution in [-0.4, -0.2) is 77.0 Å². The molecule has 0 bridgehead atoms. The molecule has 12 heteroatoms. The number of piperidine rings is 1. The number of carbonyl (C=O) groups excluding carboxylic acids is 2. The van der Waals surface area contributed by atoms with Crippen LogP contribution in [0.5, 0.6) is 11.5 Å². The van der Waals surface area contributed by atoms with E-state index >= 15 is 0 Å². The fourth-order valence-electron chi connectivity index (χ4n) is 4.31. The molecule has 1 N–H and O–H groups in total. The van der Waals surface area contributed by atoms with Gasteiger partial charge in [-0.15, -0.1) is 11.3 Å². The lowest BCUT2D eigenvalue weighted by Gasteiger charge is -2.33.